The van der Waals surface area contributed by atoms with Crippen molar-refractivity contribution in [2.24, 2.45) is 0 Å². The van der Waals surface area contributed by atoms with Gasteiger partial charge in [0.15, 0.2) is 0 Å². The molecular formula is C27H28N2O3. The van der Waals surface area contributed by atoms with Crippen molar-refractivity contribution in [1.82, 2.24) is 5.32 Å². The quantitative estimate of drug-likeness (QED) is 0.499. The first-order chi connectivity index (χ1) is 15.4. The molecule has 0 radical (unpaired) electrons. The molecule has 0 unspecified atom stereocenters. The zero-order chi connectivity index (χ0) is 22.9. The second-order valence-corrected chi connectivity index (χ2v) is 7.72. The summed E-state index contributed by atoms with van der Waals surface area (Å²) in [4.78, 5) is 24.3. The van der Waals surface area contributed by atoms with Gasteiger partial charge >= 0.3 is 0 Å². The van der Waals surface area contributed by atoms with Crippen molar-refractivity contribution < 1.29 is 14.3 Å². The Balaban J connectivity index is 1.45. The Bertz CT molecular complexity index is 1080. The summed E-state index contributed by atoms with van der Waals surface area (Å²) in [5.74, 6) is 0.164. The lowest BCUT2D eigenvalue weighted by Gasteiger charge is -2.13. The van der Waals surface area contributed by atoms with E-state index in [9.17, 15) is 9.59 Å². The predicted octanol–water partition coefficient (Wildman–Crippen LogP) is 4.96. The third-order valence-corrected chi connectivity index (χ3v) is 4.92. The van der Waals surface area contributed by atoms with E-state index in [1.807, 2.05) is 87.5 Å². The topological polar surface area (TPSA) is 67.4 Å². The first-order valence-electron chi connectivity index (χ1n) is 10.5. The highest BCUT2D eigenvalue weighted by Gasteiger charge is 2.09. The van der Waals surface area contributed by atoms with E-state index in [2.05, 4.69) is 10.6 Å². The maximum absolute atomic E-state index is 12.2. The molecule has 0 saturated heterocycles. The monoisotopic (exact) mass is 428 g/mol. The Kier molecular flexibility index (Phi) is 7.81. The summed E-state index contributed by atoms with van der Waals surface area (Å²) in [5, 5.41) is 5.48. The number of hydrogen-bond acceptors (Lipinski definition) is 3. The van der Waals surface area contributed by atoms with E-state index in [4.69, 9.17) is 4.74 Å². The Morgan fingerprint density at radius 2 is 1.56 bits per heavy atom. The van der Waals surface area contributed by atoms with Gasteiger partial charge in [0.2, 0.25) is 11.8 Å². The van der Waals surface area contributed by atoms with Crippen LogP contribution in [0.1, 0.15) is 27.8 Å². The van der Waals surface area contributed by atoms with E-state index in [0.717, 1.165) is 39.3 Å². The van der Waals surface area contributed by atoms with Crippen LogP contribution >= 0.6 is 0 Å². The van der Waals surface area contributed by atoms with Crippen LogP contribution in [0, 0.1) is 20.8 Å². The molecule has 5 nitrogen and oxygen atoms in total. The summed E-state index contributed by atoms with van der Waals surface area (Å²) in [7, 11) is 0. The van der Waals surface area contributed by atoms with Crippen LogP contribution in [0.5, 0.6) is 5.75 Å². The van der Waals surface area contributed by atoms with Crippen molar-refractivity contribution in [1.29, 1.82) is 0 Å². The average Bonchev–Trinajstić information content (AvgIpc) is 2.78. The molecule has 2 N–H and O–H groups in total. The van der Waals surface area contributed by atoms with Gasteiger partial charge in [0, 0.05) is 11.8 Å². The highest BCUT2D eigenvalue weighted by Crippen LogP contribution is 2.21. The molecule has 0 saturated carbocycles. The first kappa shape index (κ1) is 22.8. The number of benzene rings is 3. The van der Waals surface area contributed by atoms with Crippen LogP contribution < -0.4 is 15.4 Å². The molecule has 164 valence electrons. The lowest BCUT2D eigenvalue weighted by molar-refractivity contribution is -0.121. The normalized spacial score (nSPS) is 10.7. The van der Waals surface area contributed by atoms with Gasteiger partial charge < -0.3 is 15.4 Å². The number of rotatable bonds is 8. The van der Waals surface area contributed by atoms with E-state index in [-0.39, 0.29) is 18.4 Å². The summed E-state index contributed by atoms with van der Waals surface area (Å²) < 4.78 is 5.76. The van der Waals surface area contributed by atoms with E-state index in [1.165, 1.54) is 6.08 Å². The number of carbonyl (C=O) groups excluding carboxylic acids is 2. The SMILES string of the molecule is Cc1cc(C)c(NC(=O)CNC(=O)C=Cc2ccc(OCc3ccccc3)cc2)c(C)c1. The van der Waals surface area contributed by atoms with Crippen molar-refractivity contribution in [3.05, 3.63) is 101 Å². The molecule has 0 aromatic heterocycles. The molecule has 32 heavy (non-hydrogen) atoms. The average molecular weight is 429 g/mol. The fraction of sp³-hybridized carbons (Fsp3) is 0.185. The van der Waals surface area contributed by atoms with Gasteiger partial charge in [0.05, 0.1) is 6.54 Å². The molecule has 3 aromatic carbocycles. The zero-order valence-electron chi connectivity index (χ0n) is 18.6. The second-order valence-electron chi connectivity index (χ2n) is 7.72. The van der Waals surface area contributed by atoms with Gasteiger partial charge in [0.25, 0.3) is 0 Å². The van der Waals surface area contributed by atoms with Crippen LogP contribution in [0.4, 0.5) is 5.69 Å². The van der Waals surface area contributed by atoms with Gasteiger partial charge in [-0.3, -0.25) is 9.59 Å². The lowest BCUT2D eigenvalue weighted by Crippen LogP contribution is -2.32. The third kappa shape index (κ3) is 6.84. The number of aryl methyl sites for hydroxylation is 3. The van der Waals surface area contributed by atoms with E-state index in [1.54, 1.807) is 6.08 Å². The second kappa shape index (κ2) is 11.0. The van der Waals surface area contributed by atoms with Crippen molar-refractivity contribution in [3.8, 4) is 5.75 Å². The minimum Gasteiger partial charge on any atom is -0.489 e. The van der Waals surface area contributed by atoms with Gasteiger partial charge in [-0.15, -0.1) is 0 Å². The van der Waals surface area contributed by atoms with E-state index in [0.29, 0.717) is 6.61 Å². The molecule has 3 rings (SSSR count). The van der Waals surface area contributed by atoms with Gasteiger partial charge in [-0.25, -0.2) is 0 Å². The number of anilines is 1. The number of amides is 2. The Morgan fingerprint density at radius 3 is 2.22 bits per heavy atom. The smallest absolute Gasteiger partial charge is 0.244 e. The molecule has 0 aliphatic carbocycles. The molecule has 0 atom stereocenters. The number of ether oxygens (including phenoxy) is 1. The highest BCUT2D eigenvalue weighted by atomic mass is 16.5. The summed E-state index contributed by atoms with van der Waals surface area (Å²) in [6.07, 6.45) is 3.11. The van der Waals surface area contributed by atoms with Gasteiger partial charge in [0.1, 0.15) is 12.4 Å². The number of hydrogen-bond donors (Lipinski definition) is 2. The number of carbonyl (C=O) groups is 2. The Morgan fingerprint density at radius 1 is 0.906 bits per heavy atom. The molecule has 0 bridgehead atoms. The van der Waals surface area contributed by atoms with Gasteiger partial charge in [-0.05, 0) is 61.2 Å². The van der Waals surface area contributed by atoms with Crippen LogP contribution in [0.2, 0.25) is 0 Å². The highest BCUT2D eigenvalue weighted by molar-refractivity contribution is 5.98. The summed E-state index contributed by atoms with van der Waals surface area (Å²) in [6, 6.07) is 21.5. The molecule has 0 heterocycles. The van der Waals surface area contributed by atoms with Crippen LogP contribution in [0.3, 0.4) is 0 Å². The van der Waals surface area contributed by atoms with Crippen molar-refractivity contribution in [2.75, 3.05) is 11.9 Å². The Hall–Kier alpha value is -3.86. The largest absolute Gasteiger partial charge is 0.489 e. The maximum Gasteiger partial charge on any atom is 0.244 e. The first-order valence-corrected chi connectivity index (χ1v) is 10.5. The minimum absolute atomic E-state index is 0.0950. The number of nitrogens with one attached hydrogen (secondary N) is 2. The molecule has 3 aromatic rings. The van der Waals surface area contributed by atoms with E-state index >= 15 is 0 Å². The van der Waals surface area contributed by atoms with Gasteiger partial charge in [-0.1, -0.05) is 60.2 Å². The van der Waals surface area contributed by atoms with Crippen molar-refractivity contribution in [2.45, 2.75) is 27.4 Å². The lowest BCUT2D eigenvalue weighted by atomic mass is 10.1. The fourth-order valence-corrected chi connectivity index (χ4v) is 3.38. The summed E-state index contributed by atoms with van der Waals surface area (Å²) >= 11 is 0. The molecular weight excluding hydrogens is 400 g/mol. The fourth-order valence-electron chi connectivity index (χ4n) is 3.38. The van der Waals surface area contributed by atoms with Crippen LogP contribution in [0.25, 0.3) is 6.08 Å². The molecule has 0 aliphatic rings. The zero-order valence-corrected chi connectivity index (χ0v) is 18.6. The van der Waals surface area contributed by atoms with Gasteiger partial charge in [-0.2, -0.15) is 0 Å². The minimum atomic E-state index is -0.332. The standard InChI is InChI=1S/C27H28N2O3/c1-19-15-20(2)27(21(3)16-19)29-26(31)17-28-25(30)14-11-22-9-12-24(13-10-22)32-18-23-7-5-4-6-8-23/h4-16H,17-18H2,1-3H3,(H,28,30)(H,29,31). The molecule has 0 aliphatic heterocycles. The molecule has 5 heteroatoms. The third-order valence-electron chi connectivity index (χ3n) is 4.92. The molecule has 2 amide bonds. The Labute approximate surface area is 189 Å². The van der Waals surface area contributed by atoms with Crippen molar-refractivity contribution in [3.63, 3.8) is 0 Å². The van der Waals surface area contributed by atoms with Crippen LogP contribution in [-0.2, 0) is 16.2 Å². The summed E-state index contributed by atoms with van der Waals surface area (Å²) in [6.45, 7) is 6.33. The predicted molar refractivity (Wildman–Crippen MR) is 129 cm³/mol. The maximum atomic E-state index is 12.2. The van der Waals surface area contributed by atoms with E-state index < -0.39 is 0 Å². The molecule has 0 spiro atoms. The van der Waals surface area contributed by atoms with Crippen LogP contribution in [-0.4, -0.2) is 18.4 Å². The van der Waals surface area contributed by atoms with Crippen LogP contribution in [0.15, 0.2) is 72.8 Å². The summed E-state index contributed by atoms with van der Waals surface area (Å²) in [5.41, 5.74) is 5.90. The molecule has 0 fully saturated rings. The van der Waals surface area contributed by atoms with Crippen molar-refractivity contribution >= 4 is 23.6 Å².